The zero-order valence-corrected chi connectivity index (χ0v) is 10.1. The first-order chi connectivity index (χ1) is 7.75. The number of anilines is 1. The van der Waals surface area contributed by atoms with E-state index in [1.807, 2.05) is 24.3 Å². The van der Waals surface area contributed by atoms with Crippen LogP contribution in [0.3, 0.4) is 0 Å². The molecule has 2 rings (SSSR count). The van der Waals surface area contributed by atoms with Crippen molar-refractivity contribution in [2.24, 2.45) is 0 Å². The molecule has 1 heterocycles. The summed E-state index contributed by atoms with van der Waals surface area (Å²) in [5, 5.41) is 12.8. The fraction of sp³-hybridized carbons (Fsp3) is 0.0833. The Morgan fingerprint density at radius 1 is 1.19 bits per heavy atom. The fourth-order valence-electron chi connectivity index (χ4n) is 1.36. The molecule has 16 heavy (non-hydrogen) atoms. The van der Waals surface area contributed by atoms with Crippen LogP contribution in [0.15, 0.2) is 47.2 Å². The summed E-state index contributed by atoms with van der Waals surface area (Å²) in [6.07, 6.45) is 3.45. The number of hydrogen-bond donors (Lipinski definition) is 2. The molecule has 0 saturated carbocycles. The average Bonchev–Trinajstić information content (AvgIpc) is 2.32. The van der Waals surface area contributed by atoms with Crippen LogP contribution in [0.1, 0.15) is 5.56 Å². The Kier molecular flexibility index (Phi) is 3.41. The van der Waals surface area contributed by atoms with E-state index >= 15 is 0 Å². The summed E-state index contributed by atoms with van der Waals surface area (Å²) in [5.41, 5.74) is 1.83. The molecule has 0 saturated heterocycles. The standard InChI is InChI=1S/C12H11BrN2O/c13-10-1-2-12(16)9(7-10)8-15-11-3-5-14-6-4-11/h1-7,16H,8H2,(H,14,15). The third-order valence-electron chi connectivity index (χ3n) is 2.20. The number of rotatable bonds is 3. The van der Waals surface area contributed by atoms with E-state index in [0.717, 1.165) is 15.7 Å². The molecule has 0 unspecified atom stereocenters. The van der Waals surface area contributed by atoms with E-state index in [-0.39, 0.29) is 0 Å². The summed E-state index contributed by atoms with van der Waals surface area (Å²) in [4.78, 5) is 3.94. The summed E-state index contributed by atoms with van der Waals surface area (Å²) < 4.78 is 0.955. The molecule has 2 N–H and O–H groups in total. The summed E-state index contributed by atoms with van der Waals surface area (Å²) in [6, 6.07) is 9.15. The summed E-state index contributed by atoms with van der Waals surface area (Å²) >= 11 is 3.37. The first-order valence-corrected chi connectivity index (χ1v) is 5.66. The lowest BCUT2D eigenvalue weighted by atomic mass is 10.2. The van der Waals surface area contributed by atoms with E-state index in [0.29, 0.717) is 12.3 Å². The van der Waals surface area contributed by atoms with Gasteiger partial charge in [-0.2, -0.15) is 0 Å². The predicted octanol–water partition coefficient (Wildman–Crippen LogP) is 3.16. The van der Waals surface area contributed by atoms with Crippen LogP contribution in [0.4, 0.5) is 5.69 Å². The number of nitrogens with zero attached hydrogens (tertiary/aromatic N) is 1. The smallest absolute Gasteiger partial charge is 0.120 e. The van der Waals surface area contributed by atoms with Gasteiger partial charge in [-0.05, 0) is 30.3 Å². The maximum Gasteiger partial charge on any atom is 0.120 e. The summed E-state index contributed by atoms with van der Waals surface area (Å²) in [7, 11) is 0. The van der Waals surface area contributed by atoms with Crippen LogP contribution >= 0.6 is 15.9 Å². The van der Waals surface area contributed by atoms with E-state index < -0.39 is 0 Å². The number of halogens is 1. The van der Waals surface area contributed by atoms with Gasteiger partial charge in [-0.3, -0.25) is 4.98 Å². The van der Waals surface area contributed by atoms with Crippen LogP contribution in [0.2, 0.25) is 0 Å². The first-order valence-electron chi connectivity index (χ1n) is 4.87. The van der Waals surface area contributed by atoms with E-state index in [1.165, 1.54) is 0 Å². The van der Waals surface area contributed by atoms with Gasteiger partial charge in [-0.15, -0.1) is 0 Å². The number of nitrogens with one attached hydrogen (secondary N) is 1. The molecule has 0 amide bonds. The van der Waals surface area contributed by atoms with Gasteiger partial charge in [0.1, 0.15) is 5.75 Å². The molecular weight excluding hydrogens is 268 g/mol. The number of aromatic hydroxyl groups is 1. The molecule has 0 spiro atoms. The molecule has 0 atom stereocenters. The van der Waals surface area contributed by atoms with Crippen molar-refractivity contribution in [1.29, 1.82) is 0 Å². The molecular formula is C12H11BrN2O. The molecule has 2 aromatic rings. The molecule has 0 aliphatic rings. The fourth-order valence-corrected chi connectivity index (χ4v) is 1.77. The van der Waals surface area contributed by atoms with Crippen LogP contribution in [0.25, 0.3) is 0 Å². The maximum absolute atomic E-state index is 9.64. The third kappa shape index (κ3) is 2.73. The van der Waals surface area contributed by atoms with E-state index in [2.05, 4.69) is 26.2 Å². The highest BCUT2D eigenvalue weighted by atomic mass is 79.9. The Labute approximate surface area is 102 Å². The van der Waals surface area contributed by atoms with E-state index in [1.54, 1.807) is 18.5 Å². The zero-order chi connectivity index (χ0) is 11.4. The molecule has 0 fully saturated rings. The molecule has 0 bridgehead atoms. The van der Waals surface area contributed by atoms with Gasteiger partial charge < -0.3 is 10.4 Å². The van der Waals surface area contributed by atoms with Crippen molar-refractivity contribution in [3.8, 4) is 5.75 Å². The van der Waals surface area contributed by atoms with Crippen LogP contribution in [0, 0.1) is 0 Å². The van der Waals surface area contributed by atoms with Gasteiger partial charge in [-0.1, -0.05) is 15.9 Å². The molecule has 0 radical (unpaired) electrons. The number of hydrogen-bond acceptors (Lipinski definition) is 3. The molecule has 82 valence electrons. The number of pyridine rings is 1. The Bertz CT molecular complexity index is 474. The van der Waals surface area contributed by atoms with Gasteiger partial charge in [0.15, 0.2) is 0 Å². The molecule has 1 aromatic carbocycles. The van der Waals surface area contributed by atoms with Crippen molar-refractivity contribution >= 4 is 21.6 Å². The Morgan fingerprint density at radius 3 is 2.69 bits per heavy atom. The topological polar surface area (TPSA) is 45.1 Å². The number of phenolic OH excluding ortho intramolecular Hbond substituents is 1. The number of phenols is 1. The van der Waals surface area contributed by atoms with Gasteiger partial charge in [-0.25, -0.2) is 0 Å². The largest absolute Gasteiger partial charge is 0.508 e. The molecule has 3 nitrogen and oxygen atoms in total. The zero-order valence-electron chi connectivity index (χ0n) is 8.52. The van der Waals surface area contributed by atoms with Crippen LogP contribution in [-0.2, 0) is 6.54 Å². The highest BCUT2D eigenvalue weighted by molar-refractivity contribution is 9.10. The minimum atomic E-state index is 0.296. The average molecular weight is 279 g/mol. The van der Waals surface area contributed by atoms with Crippen molar-refractivity contribution in [2.75, 3.05) is 5.32 Å². The number of benzene rings is 1. The molecule has 0 aliphatic heterocycles. The van der Waals surface area contributed by atoms with Gasteiger partial charge in [0.05, 0.1) is 0 Å². The van der Waals surface area contributed by atoms with E-state index in [4.69, 9.17) is 0 Å². The minimum absolute atomic E-state index is 0.296. The van der Waals surface area contributed by atoms with Gasteiger partial charge in [0.2, 0.25) is 0 Å². The normalized spacial score (nSPS) is 10.1. The highest BCUT2D eigenvalue weighted by Gasteiger charge is 2.01. The van der Waals surface area contributed by atoms with Gasteiger partial charge >= 0.3 is 0 Å². The third-order valence-corrected chi connectivity index (χ3v) is 2.70. The minimum Gasteiger partial charge on any atom is -0.508 e. The second-order valence-corrected chi connectivity index (χ2v) is 4.28. The van der Waals surface area contributed by atoms with E-state index in [9.17, 15) is 5.11 Å². The van der Waals surface area contributed by atoms with Crippen molar-refractivity contribution in [3.63, 3.8) is 0 Å². The van der Waals surface area contributed by atoms with Crippen molar-refractivity contribution < 1.29 is 5.11 Å². The van der Waals surface area contributed by atoms with Crippen LogP contribution in [0.5, 0.6) is 5.75 Å². The van der Waals surface area contributed by atoms with Gasteiger partial charge in [0, 0.05) is 34.7 Å². The van der Waals surface area contributed by atoms with Crippen LogP contribution in [-0.4, -0.2) is 10.1 Å². The van der Waals surface area contributed by atoms with Crippen molar-refractivity contribution in [3.05, 3.63) is 52.8 Å². The number of aromatic nitrogens is 1. The molecule has 1 aromatic heterocycles. The Balaban J connectivity index is 2.08. The summed E-state index contributed by atoms with van der Waals surface area (Å²) in [5.74, 6) is 0.296. The second-order valence-electron chi connectivity index (χ2n) is 3.36. The van der Waals surface area contributed by atoms with Gasteiger partial charge in [0.25, 0.3) is 0 Å². The SMILES string of the molecule is Oc1ccc(Br)cc1CNc1ccncc1. The molecule has 0 aliphatic carbocycles. The Morgan fingerprint density at radius 2 is 1.94 bits per heavy atom. The lowest BCUT2D eigenvalue weighted by Gasteiger charge is -2.08. The molecule has 4 heteroatoms. The first kappa shape index (κ1) is 11.0. The quantitative estimate of drug-likeness (QED) is 0.907. The maximum atomic E-state index is 9.64. The highest BCUT2D eigenvalue weighted by Crippen LogP contribution is 2.22. The lowest BCUT2D eigenvalue weighted by molar-refractivity contribution is 0.469. The van der Waals surface area contributed by atoms with Crippen LogP contribution < -0.4 is 5.32 Å². The van der Waals surface area contributed by atoms with Crippen molar-refractivity contribution in [2.45, 2.75) is 6.54 Å². The lowest BCUT2D eigenvalue weighted by Crippen LogP contribution is -1.99. The summed E-state index contributed by atoms with van der Waals surface area (Å²) in [6.45, 7) is 0.579. The Hall–Kier alpha value is -1.55. The monoisotopic (exact) mass is 278 g/mol. The predicted molar refractivity (Wildman–Crippen MR) is 67.4 cm³/mol. The van der Waals surface area contributed by atoms with Crippen molar-refractivity contribution in [1.82, 2.24) is 4.98 Å². The second kappa shape index (κ2) is 4.99.